The van der Waals surface area contributed by atoms with E-state index in [1.54, 1.807) is 6.07 Å². The minimum Gasteiger partial charge on any atom is -0.481 e. The summed E-state index contributed by atoms with van der Waals surface area (Å²) in [5, 5.41) is 20.2. The van der Waals surface area contributed by atoms with E-state index in [1.807, 2.05) is 0 Å². The average molecular weight is 313 g/mol. The number of carbonyl (C=O) groups is 1. The highest BCUT2D eigenvalue weighted by Gasteiger charge is 2.30. The summed E-state index contributed by atoms with van der Waals surface area (Å²) < 4.78 is 0. The lowest BCUT2D eigenvalue weighted by Gasteiger charge is -2.36. The van der Waals surface area contributed by atoms with Crippen molar-refractivity contribution in [1.82, 2.24) is 4.90 Å². The van der Waals surface area contributed by atoms with Crippen LogP contribution < -0.4 is 0 Å². The predicted molar refractivity (Wildman–Crippen MR) is 78.3 cm³/mol. The molecule has 0 amide bonds. The SMILES string of the molecule is CC1CCC(C(=O)O)CN1Cc1ccc([N+](=O)[O-])cc1Cl. The highest BCUT2D eigenvalue weighted by atomic mass is 35.5. The Morgan fingerprint density at radius 3 is 2.81 bits per heavy atom. The predicted octanol–water partition coefficient (Wildman–Crippen LogP) is 2.93. The normalized spacial score (nSPS) is 23.0. The fourth-order valence-electron chi connectivity index (χ4n) is 2.60. The summed E-state index contributed by atoms with van der Waals surface area (Å²) in [5.41, 5.74) is 0.735. The first-order chi connectivity index (χ1) is 9.88. The third-order valence-corrected chi connectivity index (χ3v) is 4.33. The monoisotopic (exact) mass is 312 g/mol. The maximum absolute atomic E-state index is 11.1. The maximum atomic E-state index is 11.1. The molecule has 2 rings (SSSR count). The first kappa shape index (κ1) is 15.7. The Morgan fingerprint density at radius 1 is 1.52 bits per heavy atom. The van der Waals surface area contributed by atoms with Crippen molar-refractivity contribution in [1.29, 1.82) is 0 Å². The number of benzene rings is 1. The Bertz CT molecular complexity index is 564. The van der Waals surface area contributed by atoms with Crippen molar-refractivity contribution in [2.24, 2.45) is 5.92 Å². The zero-order valence-electron chi connectivity index (χ0n) is 11.7. The Labute approximate surface area is 127 Å². The van der Waals surface area contributed by atoms with Gasteiger partial charge in [0.15, 0.2) is 0 Å². The van der Waals surface area contributed by atoms with Crippen LogP contribution in [-0.2, 0) is 11.3 Å². The van der Waals surface area contributed by atoms with E-state index < -0.39 is 10.9 Å². The Hall–Kier alpha value is -1.66. The second-order valence-corrected chi connectivity index (χ2v) is 5.83. The highest BCUT2D eigenvalue weighted by Crippen LogP contribution is 2.28. The van der Waals surface area contributed by atoms with Crippen LogP contribution in [0.1, 0.15) is 25.3 Å². The number of nitro benzene ring substituents is 1. The third-order valence-electron chi connectivity index (χ3n) is 3.98. The van der Waals surface area contributed by atoms with E-state index in [9.17, 15) is 14.9 Å². The molecule has 21 heavy (non-hydrogen) atoms. The number of hydrogen-bond acceptors (Lipinski definition) is 4. The van der Waals surface area contributed by atoms with Crippen molar-refractivity contribution in [3.63, 3.8) is 0 Å². The van der Waals surface area contributed by atoms with Crippen molar-refractivity contribution in [3.05, 3.63) is 38.9 Å². The van der Waals surface area contributed by atoms with Crippen molar-refractivity contribution in [3.8, 4) is 0 Å². The number of halogens is 1. The van der Waals surface area contributed by atoms with Gasteiger partial charge in [0, 0.05) is 31.3 Å². The van der Waals surface area contributed by atoms with Gasteiger partial charge in [-0.1, -0.05) is 11.6 Å². The quantitative estimate of drug-likeness (QED) is 0.682. The number of likely N-dealkylation sites (tertiary alicyclic amines) is 1. The van der Waals surface area contributed by atoms with Crippen LogP contribution in [-0.4, -0.2) is 33.5 Å². The number of carboxylic acids is 1. The van der Waals surface area contributed by atoms with Crippen LogP contribution in [0.25, 0.3) is 0 Å². The summed E-state index contributed by atoms with van der Waals surface area (Å²) in [6.45, 7) is 3.03. The fourth-order valence-corrected chi connectivity index (χ4v) is 2.83. The number of hydrogen-bond donors (Lipinski definition) is 1. The van der Waals surface area contributed by atoms with E-state index >= 15 is 0 Å². The summed E-state index contributed by atoms with van der Waals surface area (Å²) in [6, 6.07) is 4.66. The minimum atomic E-state index is -0.776. The van der Waals surface area contributed by atoms with E-state index in [0.717, 1.165) is 12.0 Å². The van der Waals surface area contributed by atoms with Crippen LogP contribution in [0.5, 0.6) is 0 Å². The Balaban J connectivity index is 2.12. The zero-order chi connectivity index (χ0) is 15.6. The molecule has 2 unspecified atom stereocenters. The van der Waals surface area contributed by atoms with Crippen LogP contribution in [0.3, 0.4) is 0 Å². The van der Waals surface area contributed by atoms with E-state index in [4.69, 9.17) is 16.7 Å². The van der Waals surface area contributed by atoms with Crippen molar-refractivity contribution in [2.45, 2.75) is 32.4 Å². The maximum Gasteiger partial charge on any atom is 0.307 e. The van der Waals surface area contributed by atoms with Gasteiger partial charge in [0.25, 0.3) is 5.69 Å². The van der Waals surface area contributed by atoms with E-state index in [2.05, 4.69) is 11.8 Å². The van der Waals surface area contributed by atoms with Crippen LogP contribution in [0.4, 0.5) is 5.69 Å². The lowest BCUT2D eigenvalue weighted by Crippen LogP contribution is -2.43. The van der Waals surface area contributed by atoms with Crippen molar-refractivity contribution >= 4 is 23.3 Å². The van der Waals surface area contributed by atoms with Gasteiger partial charge in [0.2, 0.25) is 0 Å². The number of carboxylic acid groups (broad SMARTS) is 1. The molecule has 0 spiro atoms. The molecular weight excluding hydrogens is 296 g/mol. The van der Waals surface area contributed by atoms with Crippen molar-refractivity contribution in [2.75, 3.05) is 6.54 Å². The summed E-state index contributed by atoms with van der Waals surface area (Å²) in [5.74, 6) is -1.14. The summed E-state index contributed by atoms with van der Waals surface area (Å²) in [4.78, 5) is 23.4. The second-order valence-electron chi connectivity index (χ2n) is 5.42. The van der Waals surface area contributed by atoms with Crippen molar-refractivity contribution < 1.29 is 14.8 Å². The summed E-state index contributed by atoms with van der Waals surface area (Å²) in [6.07, 6.45) is 1.50. The molecule has 1 heterocycles. The molecule has 1 aromatic rings. The van der Waals surface area contributed by atoms with Gasteiger partial charge in [-0.3, -0.25) is 19.8 Å². The molecule has 0 bridgehead atoms. The van der Waals surface area contributed by atoms with Crippen LogP contribution >= 0.6 is 11.6 Å². The molecule has 1 fully saturated rings. The lowest BCUT2D eigenvalue weighted by atomic mass is 9.93. The molecular formula is C14H17ClN2O4. The number of nitrogens with zero attached hydrogens (tertiary/aromatic N) is 2. The van der Waals surface area contributed by atoms with Gasteiger partial charge in [0.1, 0.15) is 0 Å². The molecule has 6 nitrogen and oxygen atoms in total. The third kappa shape index (κ3) is 3.71. The molecule has 0 aromatic heterocycles. The van der Waals surface area contributed by atoms with Crippen LogP contribution in [0.2, 0.25) is 5.02 Å². The van der Waals surface area contributed by atoms with Gasteiger partial charge in [-0.05, 0) is 31.4 Å². The van der Waals surface area contributed by atoms with Gasteiger partial charge < -0.3 is 5.11 Å². The molecule has 1 aromatic carbocycles. The first-order valence-corrected chi connectivity index (χ1v) is 7.16. The van der Waals surface area contributed by atoms with Crippen LogP contribution in [0, 0.1) is 16.0 Å². The molecule has 0 aliphatic carbocycles. The average Bonchev–Trinajstić information content (AvgIpc) is 2.42. The van der Waals surface area contributed by atoms with Crippen LogP contribution in [0.15, 0.2) is 18.2 Å². The van der Waals surface area contributed by atoms with E-state index in [0.29, 0.717) is 24.5 Å². The van der Waals surface area contributed by atoms with Gasteiger partial charge in [0.05, 0.1) is 15.9 Å². The molecule has 0 saturated carbocycles. The first-order valence-electron chi connectivity index (χ1n) is 6.78. The minimum absolute atomic E-state index is 0.0427. The molecule has 1 aliphatic heterocycles. The summed E-state index contributed by atoms with van der Waals surface area (Å²) in [7, 11) is 0. The Morgan fingerprint density at radius 2 is 2.24 bits per heavy atom. The molecule has 1 aliphatic rings. The van der Waals surface area contributed by atoms with Gasteiger partial charge in [-0.2, -0.15) is 0 Å². The molecule has 1 N–H and O–H groups in total. The molecule has 0 radical (unpaired) electrons. The standard InChI is InChI=1S/C14H17ClN2O4/c1-9-2-3-11(14(18)19)8-16(9)7-10-4-5-12(17(20)21)6-13(10)15/h4-6,9,11H,2-3,7-8H2,1H3,(H,18,19). The summed E-state index contributed by atoms with van der Waals surface area (Å²) >= 11 is 6.09. The van der Waals surface area contributed by atoms with Gasteiger partial charge in [-0.15, -0.1) is 0 Å². The number of piperidine rings is 1. The van der Waals surface area contributed by atoms with Gasteiger partial charge >= 0.3 is 5.97 Å². The molecule has 114 valence electrons. The van der Waals surface area contributed by atoms with E-state index in [1.165, 1.54) is 12.1 Å². The number of rotatable bonds is 4. The Kier molecular flexibility index (Phi) is 4.80. The molecule has 7 heteroatoms. The number of aliphatic carboxylic acids is 1. The number of non-ortho nitro benzene ring substituents is 1. The molecule has 2 atom stereocenters. The largest absolute Gasteiger partial charge is 0.481 e. The lowest BCUT2D eigenvalue weighted by molar-refractivity contribution is -0.384. The molecule has 1 saturated heterocycles. The smallest absolute Gasteiger partial charge is 0.307 e. The highest BCUT2D eigenvalue weighted by molar-refractivity contribution is 6.31. The van der Waals surface area contributed by atoms with E-state index in [-0.39, 0.29) is 17.6 Å². The zero-order valence-corrected chi connectivity index (χ0v) is 12.4. The van der Waals surface area contributed by atoms with Gasteiger partial charge in [-0.25, -0.2) is 0 Å². The second kappa shape index (κ2) is 6.41. The number of nitro groups is 1. The topological polar surface area (TPSA) is 83.7 Å². The fraction of sp³-hybridized carbons (Fsp3) is 0.500.